The Bertz CT molecular complexity index is 822. The topological polar surface area (TPSA) is 86.7 Å². The summed E-state index contributed by atoms with van der Waals surface area (Å²) >= 11 is 0. The molecule has 0 aliphatic rings. The van der Waals surface area contributed by atoms with Gasteiger partial charge in [0.05, 0.1) is 6.54 Å². The van der Waals surface area contributed by atoms with E-state index in [2.05, 4.69) is 15.5 Å². The van der Waals surface area contributed by atoms with Crippen LogP contribution in [-0.4, -0.2) is 26.1 Å². The minimum Gasteiger partial charge on any atom is -0.366 e. The van der Waals surface area contributed by atoms with Crippen molar-refractivity contribution in [2.75, 3.05) is 0 Å². The average Bonchev–Trinajstić information content (AvgIpc) is 3.01. The summed E-state index contributed by atoms with van der Waals surface area (Å²) in [5.41, 5.74) is 7.77. The van der Waals surface area contributed by atoms with Crippen molar-refractivity contribution in [2.24, 2.45) is 5.73 Å². The second-order valence-electron chi connectivity index (χ2n) is 5.00. The van der Waals surface area contributed by atoms with Crippen molar-refractivity contribution in [3.05, 3.63) is 77.1 Å². The maximum atomic E-state index is 11.1. The van der Waals surface area contributed by atoms with Crippen molar-refractivity contribution < 1.29 is 4.79 Å². The van der Waals surface area contributed by atoms with Crippen molar-refractivity contribution in [3.63, 3.8) is 0 Å². The number of amides is 1. The summed E-state index contributed by atoms with van der Waals surface area (Å²) in [5, 5.41) is 11.7. The van der Waals surface area contributed by atoms with E-state index in [1.165, 1.54) is 0 Å². The van der Waals surface area contributed by atoms with Gasteiger partial charge in [-0.2, -0.15) is 0 Å². The molecule has 0 saturated carbocycles. The molecule has 1 aromatic heterocycles. The van der Waals surface area contributed by atoms with E-state index < -0.39 is 5.91 Å². The molecule has 0 fully saturated rings. The van der Waals surface area contributed by atoms with Crippen molar-refractivity contribution in [1.29, 1.82) is 0 Å². The van der Waals surface area contributed by atoms with E-state index in [1.54, 1.807) is 16.8 Å². The molecule has 1 heterocycles. The molecule has 0 aliphatic heterocycles. The fraction of sp³-hybridized carbons (Fsp3) is 0.0588. The van der Waals surface area contributed by atoms with E-state index in [-0.39, 0.29) is 0 Å². The number of nitrogens with two attached hydrogens (primary N) is 1. The SMILES string of the molecule is NC(=O)c1ccc(Cn2nnnc2C=Cc2ccccc2)cc1. The lowest BCUT2D eigenvalue weighted by Crippen LogP contribution is -2.11. The van der Waals surface area contributed by atoms with Gasteiger partial charge in [0.25, 0.3) is 0 Å². The van der Waals surface area contributed by atoms with Crippen LogP contribution in [0, 0.1) is 0 Å². The Morgan fingerprint density at radius 2 is 1.78 bits per heavy atom. The lowest BCUT2D eigenvalue weighted by molar-refractivity contribution is 0.100. The summed E-state index contributed by atoms with van der Waals surface area (Å²) in [6.45, 7) is 0.514. The predicted molar refractivity (Wildman–Crippen MR) is 87.2 cm³/mol. The first-order valence-corrected chi connectivity index (χ1v) is 7.10. The lowest BCUT2D eigenvalue weighted by Gasteiger charge is -2.03. The molecule has 0 bridgehead atoms. The van der Waals surface area contributed by atoms with Crippen LogP contribution in [0.25, 0.3) is 12.2 Å². The third kappa shape index (κ3) is 3.68. The highest BCUT2D eigenvalue weighted by Crippen LogP contribution is 2.09. The zero-order valence-electron chi connectivity index (χ0n) is 12.3. The normalized spacial score (nSPS) is 11.0. The van der Waals surface area contributed by atoms with Crippen LogP contribution in [0.5, 0.6) is 0 Å². The van der Waals surface area contributed by atoms with Crippen LogP contribution >= 0.6 is 0 Å². The first-order valence-electron chi connectivity index (χ1n) is 7.10. The highest BCUT2D eigenvalue weighted by molar-refractivity contribution is 5.92. The van der Waals surface area contributed by atoms with E-state index in [9.17, 15) is 4.79 Å². The Morgan fingerprint density at radius 3 is 2.48 bits per heavy atom. The molecular weight excluding hydrogens is 290 g/mol. The molecule has 3 aromatic rings. The molecule has 0 spiro atoms. The molecule has 114 valence electrons. The smallest absolute Gasteiger partial charge is 0.248 e. The quantitative estimate of drug-likeness (QED) is 0.781. The van der Waals surface area contributed by atoms with Crippen LogP contribution in [0.3, 0.4) is 0 Å². The van der Waals surface area contributed by atoms with Crippen LogP contribution in [0.2, 0.25) is 0 Å². The summed E-state index contributed by atoms with van der Waals surface area (Å²) < 4.78 is 1.69. The predicted octanol–water partition coefficient (Wildman–Crippen LogP) is 1.99. The molecule has 2 aromatic carbocycles. The van der Waals surface area contributed by atoms with E-state index in [4.69, 9.17) is 5.73 Å². The van der Waals surface area contributed by atoms with Crippen molar-refractivity contribution in [1.82, 2.24) is 20.2 Å². The van der Waals surface area contributed by atoms with Crippen LogP contribution < -0.4 is 5.73 Å². The number of carbonyl (C=O) groups is 1. The van der Waals surface area contributed by atoms with E-state index in [1.807, 2.05) is 54.6 Å². The van der Waals surface area contributed by atoms with E-state index >= 15 is 0 Å². The zero-order valence-corrected chi connectivity index (χ0v) is 12.3. The number of aromatic nitrogens is 4. The Morgan fingerprint density at radius 1 is 1.04 bits per heavy atom. The van der Waals surface area contributed by atoms with Gasteiger partial charge in [0.15, 0.2) is 5.82 Å². The van der Waals surface area contributed by atoms with Crippen LogP contribution in [0.15, 0.2) is 54.6 Å². The molecule has 0 radical (unpaired) electrons. The minimum atomic E-state index is -0.439. The summed E-state index contributed by atoms with van der Waals surface area (Å²) in [6, 6.07) is 17.0. The summed E-state index contributed by atoms with van der Waals surface area (Å²) in [7, 11) is 0. The van der Waals surface area contributed by atoms with Gasteiger partial charge < -0.3 is 5.73 Å². The molecule has 0 atom stereocenters. The van der Waals surface area contributed by atoms with Gasteiger partial charge in [-0.3, -0.25) is 4.79 Å². The summed E-state index contributed by atoms with van der Waals surface area (Å²) in [4.78, 5) is 11.1. The van der Waals surface area contributed by atoms with Gasteiger partial charge in [0, 0.05) is 5.56 Å². The minimum absolute atomic E-state index is 0.439. The highest BCUT2D eigenvalue weighted by Gasteiger charge is 2.05. The summed E-state index contributed by atoms with van der Waals surface area (Å²) in [6.07, 6.45) is 3.82. The van der Waals surface area contributed by atoms with E-state index in [0.29, 0.717) is 17.9 Å². The Kier molecular flexibility index (Phi) is 4.24. The molecule has 6 heteroatoms. The number of primary amides is 1. The number of tetrazole rings is 1. The maximum Gasteiger partial charge on any atom is 0.248 e. The second-order valence-corrected chi connectivity index (χ2v) is 5.00. The largest absolute Gasteiger partial charge is 0.366 e. The number of hydrogen-bond acceptors (Lipinski definition) is 4. The van der Waals surface area contributed by atoms with E-state index in [0.717, 1.165) is 11.1 Å². The van der Waals surface area contributed by atoms with Gasteiger partial charge in [0.2, 0.25) is 5.91 Å². The molecule has 0 aliphatic carbocycles. The van der Waals surface area contributed by atoms with Crippen LogP contribution in [0.4, 0.5) is 0 Å². The average molecular weight is 305 g/mol. The number of hydrogen-bond donors (Lipinski definition) is 1. The fourth-order valence-electron chi connectivity index (χ4n) is 2.13. The highest BCUT2D eigenvalue weighted by atomic mass is 16.1. The van der Waals surface area contributed by atoms with Gasteiger partial charge in [-0.15, -0.1) is 5.10 Å². The number of nitrogens with zero attached hydrogens (tertiary/aromatic N) is 4. The number of rotatable bonds is 5. The van der Waals surface area contributed by atoms with Crippen molar-refractivity contribution in [3.8, 4) is 0 Å². The number of carbonyl (C=O) groups excluding carboxylic acids is 1. The molecule has 1 amide bonds. The first-order chi connectivity index (χ1) is 11.2. The molecular formula is C17H15N5O. The van der Waals surface area contributed by atoms with Gasteiger partial charge in [-0.25, -0.2) is 4.68 Å². The van der Waals surface area contributed by atoms with Crippen molar-refractivity contribution in [2.45, 2.75) is 6.54 Å². The number of benzene rings is 2. The molecule has 3 rings (SSSR count). The van der Waals surface area contributed by atoms with Crippen molar-refractivity contribution >= 4 is 18.1 Å². The second kappa shape index (κ2) is 6.65. The third-order valence-corrected chi connectivity index (χ3v) is 3.35. The maximum absolute atomic E-state index is 11.1. The molecule has 2 N–H and O–H groups in total. The third-order valence-electron chi connectivity index (χ3n) is 3.35. The summed E-state index contributed by atoms with van der Waals surface area (Å²) in [5.74, 6) is 0.221. The lowest BCUT2D eigenvalue weighted by atomic mass is 10.1. The van der Waals surface area contributed by atoms with Crippen LogP contribution in [0.1, 0.15) is 27.3 Å². The van der Waals surface area contributed by atoms with Gasteiger partial charge in [-0.1, -0.05) is 48.5 Å². The fourth-order valence-corrected chi connectivity index (χ4v) is 2.13. The van der Waals surface area contributed by atoms with Gasteiger partial charge >= 0.3 is 0 Å². The first kappa shape index (κ1) is 14.6. The molecule has 6 nitrogen and oxygen atoms in total. The molecule has 0 unspecified atom stereocenters. The molecule has 0 saturated heterocycles. The Balaban J connectivity index is 1.76. The van der Waals surface area contributed by atoms with Gasteiger partial charge in [0.1, 0.15) is 0 Å². The zero-order chi connectivity index (χ0) is 16.1. The monoisotopic (exact) mass is 305 g/mol. The standard InChI is InChI=1S/C17H15N5O/c18-17(23)15-9-6-14(7-10-15)12-22-16(19-20-21-22)11-8-13-4-2-1-3-5-13/h1-11H,12H2,(H2,18,23). The Labute approximate surface area is 133 Å². The molecule has 23 heavy (non-hydrogen) atoms. The Hall–Kier alpha value is -3.28. The van der Waals surface area contributed by atoms with Crippen LogP contribution in [-0.2, 0) is 6.54 Å². The van der Waals surface area contributed by atoms with Gasteiger partial charge in [-0.05, 0) is 39.8 Å².